The molecule has 3 heterocycles. The third-order valence-electron chi connectivity index (χ3n) is 4.47. The second-order valence-electron chi connectivity index (χ2n) is 6.00. The van der Waals surface area contributed by atoms with Gasteiger partial charge in [0.05, 0.1) is 29.1 Å². The molecule has 0 bridgehead atoms. The minimum atomic E-state index is -0.131. The van der Waals surface area contributed by atoms with Gasteiger partial charge in [0.15, 0.2) is 0 Å². The zero-order valence-electron chi connectivity index (χ0n) is 13.4. The Hall–Kier alpha value is -2.08. The maximum atomic E-state index is 12.8. The van der Waals surface area contributed by atoms with E-state index < -0.39 is 0 Å². The lowest BCUT2D eigenvalue weighted by Gasteiger charge is -2.40. The van der Waals surface area contributed by atoms with Gasteiger partial charge in [0.2, 0.25) is 0 Å². The summed E-state index contributed by atoms with van der Waals surface area (Å²) in [6, 6.07) is 0.112. The maximum absolute atomic E-state index is 12.8. The van der Waals surface area contributed by atoms with E-state index in [4.69, 9.17) is 4.74 Å². The van der Waals surface area contributed by atoms with Crippen molar-refractivity contribution in [1.29, 1.82) is 0 Å². The van der Waals surface area contributed by atoms with Gasteiger partial charge in [-0.15, -0.1) is 0 Å². The number of amides is 1. The molecule has 3 rings (SSSR count). The number of aryl methyl sites for hydroxylation is 3. The molecule has 0 spiro atoms. The maximum Gasteiger partial charge on any atom is 0.260 e. The first kappa shape index (κ1) is 14.8. The number of pyridine rings is 1. The van der Waals surface area contributed by atoms with Crippen LogP contribution in [0.5, 0.6) is 0 Å². The van der Waals surface area contributed by atoms with Crippen molar-refractivity contribution < 1.29 is 9.53 Å². The van der Waals surface area contributed by atoms with E-state index in [0.29, 0.717) is 17.6 Å². The van der Waals surface area contributed by atoms with Crippen molar-refractivity contribution in [3.8, 4) is 0 Å². The number of carbonyl (C=O) groups is 1. The van der Waals surface area contributed by atoms with Gasteiger partial charge in [0, 0.05) is 40.1 Å². The van der Waals surface area contributed by atoms with Crippen LogP contribution in [0.2, 0.25) is 0 Å². The molecule has 0 saturated carbocycles. The molecule has 1 aliphatic heterocycles. The summed E-state index contributed by atoms with van der Waals surface area (Å²) in [5.41, 5.74) is 2.17. The van der Waals surface area contributed by atoms with Crippen molar-refractivity contribution in [3.63, 3.8) is 0 Å². The second kappa shape index (κ2) is 5.28. The Morgan fingerprint density at radius 3 is 2.64 bits per heavy atom. The van der Waals surface area contributed by atoms with Crippen molar-refractivity contribution in [1.82, 2.24) is 14.0 Å². The molecule has 1 amide bonds. The third-order valence-corrected chi connectivity index (χ3v) is 4.47. The molecule has 0 radical (unpaired) electrons. The van der Waals surface area contributed by atoms with Crippen molar-refractivity contribution >= 4 is 16.8 Å². The van der Waals surface area contributed by atoms with Gasteiger partial charge in [-0.1, -0.05) is 0 Å². The summed E-state index contributed by atoms with van der Waals surface area (Å²) in [6.07, 6.45) is 4.52. The summed E-state index contributed by atoms with van der Waals surface area (Å²) in [7, 11) is 5.22. The molecule has 118 valence electrons. The zero-order chi connectivity index (χ0) is 16.0. The standard InChI is InChI=1S/C16H21N3O3/c1-10-7-18(3)16(21)13-12(8-17(2)14(10)13)15(20)19-6-5-11(19)9-22-4/h7-8,11H,5-6,9H2,1-4H3/t11-/m1/s1. The largest absolute Gasteiger partial charge is 0.383 e. The van der Waals surface area contributed by atoms with Crippen LogP contribution in [0, 0.1) is 6.92 Å². The molecular formula is C16H21N3O3. The predicted octanol–water partition coefficient (Wildman–Crippen LogP) is 1.05. The van der Waals surface area contributed by atoms with Gasteiger partial charge in [-0.05, 0) is 18.9 Å². The van der Waals surface area contributed by atoms with Crippen molar-refractivity contribution in [2.75, 3.05) is 20.3 Å². The molecule has 1 saturated heterocycles. The van der Waals surface area contributed by atoms with Gasteiger partial charge >= 0.3 is 0 Å². The number of ether oxygens (including phenoxy) is 1. The lowest BCUT2D eigenvalue weighted by atomic mass is 10.0. The molecule has 6 nitrogen and oxygen atoms in total. The second-order valence-corrected chi connectivity index (χ2v) is 6.00. The molecule has 22 heavy (non-hydrogen) atoms. The van der Waals surface area contributed by atoms with E-state index in [0.717, 1.165) is 24.0 Å². The SMILES string of the molecule is COC[C@H]1CCN1C(=O)c1cn(C)c2c(C)cn(C)c(=O)c12. The van der Waals surface area contributed by atoms with E-state index in [-0.39, 0.29) is 17.5 Å². The molecule has 0 N–H and O–H groups in total. The first-order valence-electron chi connectivity index (χ1n) is 7.41. The molecular weight excluding hydrogens is 282 g/mol. The summed E-state index contributed by atoms with van der Waals surface area (Å²) in [6.45, 7) is 3.20. The van der Waals surface area contributed by atoms with Crippen LogP contribution in [-0.2, 0) is 18.8 Å². The quantitative estimate of drug-likeness (QED) is 0.851. The van der Waals surface area contributed by atoms with Gasteiger partial charge in [0.25, 0.3) is 11.5 Å². The Kier molecular flexibility index (Phi) is 3.56. The minimum absolute atomic E-state index is 0.0819. The average Bonchev–Trinajstić information content (AvgIpc) is 2.79. The first-order valence-corrected chi connectivity index (χ1v) is 7.41. The number of nitrogens with zero attached hydrogens (tertiary/aromatic N) is 3. The lowest BCUT2D eigenvalue weighted by Crippen LogP contribution is -2.53. The van der Waals surface area contributed by atoms with E-state index in [1.807, 2.05) is 18.5 Å². The summed E-state index contributed by atoms with van der Waals surface area (Å²) >= 11 is 0. The van der Waals surface area contributed by atoms with Crippen molar-refractivity contribution in [2.45, 2.75) is 19.4 Å². The highest BCUT2D eigenvalue weighted by Gasteiger charge is 2.34. The van der Waals surface area contributed by atoms with E-state index in [1.165, 1.54) is 4.57 Å². The Balaban J connectivity index is 2.12. The Morgan fingerprint density at radius 1 is 1.32 bits per heavy atom. The minimum Gasteiger partial charge on any atom is -0.383 e. The highest BCUT2D eigenvalue weighted by Crippen LogP contribution is 2.26. The lowest BCUT2D eigenvalue weighted by molar-refractivity contribution is 0.0203. The van der Waals surface area contributed by atoms with Gasteiger partial charge in [-0.2, -0.15) is 0 Å². The predicted molar refractivity (Wildman–Crippen MR) is 84.2 cm³/mol. The van der Waals surface area contributed by atoms with Crippen LogP contribution in [-0.4, -0.2) is 46.2 Å². The smallest absolute Gasteiger partial charge is 0.260 e. The Morgan fingerprint density at radius 2 is 2.05 bits per heavy atom. The molecule has 1 atom stereocenters. The third kappa shape index (κ3) is 2.06. The van der Waals surface area contributed by atoms with E-state index in [2.05, 4.69) is 0 Å². The molecule has 0 aliphatic carbocycles. The fraction of sp³-hybridized carbons (Fsp3) is 0.500. The number of rotatable bonds is 3. The van der Waals surface area contributed by atoms with Gasteiger partial charge in [-0.3, -0.25) is 9.59 Å². The number of likely N-dealkylation sites (tertiary alicyclic amines) is 1. The van der Waals surface area contributed by atoms with Crippen LogP contribution in [0.15, 0.2) is 17.2 Å². The highest BCUT2D eigenvalue weighted by molar-refractivity contribution is 6.07. The topological polar surface area (TPSA) is 56.5 Å². The normalized spacial score (nSPS) is 17.8. The number of carbonyl (C=O) groups excluding carboxylic acids is 1. The number of methoxy groups -OCH3 is 1. The number of hydrogen-bond acceptors (Lipinski definition) is 3. The number of hydrogen-bond donors (Lipinski definition) is 0. The van der Waals surface area contributed by atoms with Gasteiger partial charge < -0.3 is 18.8 Å². The summed E-state index contributed by atoms with van der Waals surface area (Å²) in [5.74, 6) is -0.0819. The van der Waals surface area contributed by atoms with Crippen molar-refractivity contribution in [2.24, 2.45) is 14.1 Å². The number of aromatic nitrogens is 2. The Bertz CT molecular complexity index is 803. The zero-order valence-corrected chi connectivity index (χ0v) is 13.4. The van der Waals surface area contributed by atoms with Crippen LogP contribution < -0.4 is 5.56 Å². The molecule has 0 aromatic carbocycles. The van der Waals surface area contributed by atoms with Gasteiger partial charge in [0.1, 0.15) is 0 Å². The van der Waals surface area contributed by atoms with Crippen LogP contribution in [0.3, 0.4) is 0 Å². The fourth-order valence-electron chi connectivity index (χ4n) is 3.30. The average molecular weight is 303 g/mol. The van der Waals surface area contributed by atoms with Gasteiger partial charge in [-0.25, -0.2) is 0 Å². The molecule has 2 aromatic heterocycles. The van der Waals surface area contributed by atoms with Crippen molar-refractivity contribution in [3.05, 3.63) is 33.9 Å². The molecule has 6 heteroatoms. The van der Waals surface area contributed by atoms with E-state index >= 15 is 0 Å². The summed E-state index contributed by atoms with van der Waals surface area (Å²) in [4.78, 5) is 27.1. The summed E-state index contributed by atoms with van der Waals surface area (Å²) < 4.78 is 8.56. The molecule has 1 fully saturated rings. The molecule has 1 aliphatic rings. The highest BCUT2D eigenvalue weighted by atomic mass is 16.5. The van der Waals surface area contributed by atoms with Crippen LogP contribution in [0.25, 0.3) is 10.9 Å². The monoisotopic (exact) mass is 303 g/mol. The fourth-order valence-corrected chi connectivity index (χ4v) is 3.30. The first-order chi connectivity index (χ1) is 10.5. The molecule has 2 aromatic rings. The summed E-state index contributed by atoms with van der Waals surface area (Å²) in [5, 5.41) is 0.512. The van der Waals surface area contributed by atoms with E-state index in [1.54, 1.807) is 31.5 Å². The number of fused-ring (bicyclic) bond motifs is 1. The van der Waals surface area contributed by atoms with Crippen LogP contribution >= 0.6 is 0 Å². The van der Waals surface area contributed by atoms with Crippen LogP contribution in [0.4, 0.5) is 0 Å². The van der Waals surface area contributed by atoms with E-state index in [9.17, 15) is 9.59 Å². The van der Waals surface area contributed by atoms with Crippen LogP contribution in [0.1, 0.15) is 22.3 Å². The molecule has 0 unspecified atom stereocenters. The Labute approximate surface area is 128 Å².